The molecule has 13 heavy (non-hydrogen) atoms. The Bertz CT molecular complexity index is 159. The van der Waals surface area contributed by atoms with Gasteiger partial charge in [0.25, 0.3) is 0 Å². The van der Waals surface area contributed by atoms with Crippen LogP contribution in [0.3, 0.4) is 0 Å². The van der Waals surface area contributed by atoms with Gasteiger partial charge in [0, 0.05) is 6.42 Å². The van der Waals surface area contributed by atoms with Crippen molar-refractivity contribution in [2.24, 2.45) is 5.92 Å². The van der Waals surface area contributed by atoms with Crippen molar-refractivity contribution in [3.63, 3.8) is 0 Å². The van der Waals surface area contributed by atoms with E-state index in [9.17, 15) is 4.79 Å². The van der Waals surface area contributed by atoms with Crippen LogP contribution in [0.4, 0.5) is 0 Å². The smallest absolute Gasteiger partial charge is 0.306 e. The fraction of sp³-hybridized carbons (Fsp3) is 0.909. The quantitative estimate of drug-likeness (QED) is 0.485. The molecule has 1 rings (SSSR count). The summed E-state index contributed by atoms with van der Waals surface area (Å²) in [7, 11) is 0. The number of carbonyl (C=O) groups excluding carboxylic acids is 1. The molecule has 76 valence electrons. The minimum absolute atomic E-state index is 0.00495. The molecule has 2 heteroatoms. The maximum atomic E-state index is 11.2. The molecule has 2 nitrogen and oxygen atoms in total. The van der Waals surface area contributed by atoms with Crippen molar-refractivity contribution in [3.8, 4) is 0 Å². The molecule has 0 saturated heterocycles. The van der Waals surface area contributed by atoms with Crippen molar-refractivity contribution in [1.29, 1.82) is 0 Å². The average molecular weight is 184 g/mol. The highest BCUT2D eigenvalue weighted by Gasteiger charge is 2.28. The SMILES string of the molecule is CCCCCC(=O)OC1CC(C)C1. The van der Waals surface area contributed by atoms with E-state index in [2.05, 4.69) is 13.8 Å². The number of hydrogen-bond donors (Lipinski definition) is 0. The van der Waals surface area contributed by atoms with Crippen molar-refractivity contribution < 1.29 is 9.53 Å². The zero-order chi connectivity index (χ0) is 9.68. The lowest BCUT2D eigenvalue weighted by Crippen LogP contribution is -2.31. The molecule has 0 amide bonds. The molecule has 0 aromatic rings. The van der Waals surface area contributed by atoms with Gasteiger partial charge in [-0.2, -0.15) is 0 Å². The lowest BCUT2D eigenvalue weighted by Gasteiger charge is -2.31. The molecule has 0 aliphatic heterocycles. The highest BCUT2D eigenvalue weighted by atomic mass is 16.5. The van der Waals surface area contributed by atoms with Gasteiger partial charge < -0.3 is 4.74 Å². The van der Waals surface area contributed by atoms with Crippen LogP contribution in [0.25, 0.3) is 0 Å². The Hall–Kier alpha value is -0.530. The maximum Gasteiger partial charge on any atom is 0.306 e. The van der Waals surface area contributed by atoms with E-state index in [0.717, 1.165) is 38.0 Å². The van der Waals surface area contributed by atoms with E-state index in [4.69, 9.17) is 4.74 Å². The van der Waals surface area contributed by atoms with Crippen LogP contribution in [0.1, 0.15) is 52.4 Å². The van der Waals surface area contributed by atoms with Crippen LogP contribution in [-0.4, -0.2) is 12.1 Å². The molecule has 0 heterocycles. The molecule has 0 N–H and O–H groups in total. The monoisotopic (exact) mass is 184 g/mol. The van der Waals surface area contributed by atoms with Gasteiger partial charge in [0.15, 0.2) is 0 Å². The maximum absolute atomic E-state index is 11.2. The van der Waals surface area contributed by atoms with Crippen molar-refractivity contribution >= 4 is 5.97 Å². The van der Waals surface area contributed by atoms with Crippen LogP contribution < -0.4 is 0 Å². The fourth-order valence-electron chi connectivity index (χ4n) is 1.69. The summed E-state index contributed by atoms with van der Waals surface area (Å²) < 4.78 is 5.26. The Kier molecular flexibility index (Phi) is 4.26. The van der Waals surface area contributed by atoms with Crippen LogP contribution in [0, 0.1) is 5.92 Å². The lowest BCUT2D eigenvalue weighted by atomic mass is 9.84. The van der Waals surface area contributed by atoms with Gasteiger partial charge >= 0.3 is 5.97 Å². The van der Waals surface area contributed by atoms with Gasteiger partial charge in [0.1, 0.15) is 6.10 Å². The molecule has 0 atom stereocenters. The van der Waals surface area contributed by atoms with Crippen LogP contribution in [0.5, 0.6) is 0 Å². The minimum atomic E-state index is 0.00495. The predicted molar refractivity (Wildman–Crippen MR) is 52.4 cm³/mol. The molecule has 0 radical (unpaired) electrons. The van der Waals surface area contributed by atoms with E-state index in [1.807, 2.05) is 0 Å². The molecule has 0 aromatic carbocycles. The summed E-state index contributed by atoms with van der Waals surface area (Å²) in [4.78, 5) is 11.2. The summed E-state index contributed by atoms with van der Waals surface area (Å²) >= 11 is 0. The number of esters is 1. The van der Waals surface area contributed by atoms with Crippen LogP contribution in [-0.2, 0) is 9.53 Å². The Balaban J connectivity index is 1.98. The summed E-state index contributed by atoms with van der Waals surface area (Å²) in [6.07, 6.45) is 6.27. The summed E-state index contributed by atoms with van der Waals surface area (Å²) in [5.74, 6) is 0.763. The Morgan fingerprint density at radius 3 is 2.62 bits per heavy atom. The second kappa shape index (κ2) is 5.25. The molecule has 1 saturated carbocycles. The lowest BCUT2D eigenvalue weighted by molar-refractivity contribution is -0.155. The summed E-state index contributed by atoms with van der Waals surface area (Å²) in [6.45, 7) is 4.33. The second-order valence-electron chi connectivity index (χ2n) is 4.15. The first-order chi connectivity index (χ1) is 6.22. The van der Waals surface area contributed by atoms with Gasteiger partial charge in [0.05, 0.1) is 0 Å². The standard InChI is InChI=1S/C11H20O2/c1-3-4-5-6-11(12)13-10-7-9(2)8-10/h9-10H,3-8H2,1-2H3. The first kappa shape index (κ1) is 10.6. The van der Waals surface area contributed by atoms with Crippen LogP contribution in [0.15, 0.2) is 0 Å². The van der Waals surface area contributed by atoms with Crippen LogP contribution in [0.2, 0.25) is 0 Å². The molecular weight excluding hydrogens is 164 g/mol. The van der Waals surface area contributed by atoms with E-state index in [1.54, 1.807) is 0 Å². The first-order valence-electron chi connectivity index (χ1n) is 5.41. The van der Waals surface area contributed by atoms with Gasteiger partial charge in [-0.3, -0.25) is 4.79 Å². The van der Waals surface area contributed by atoms with E-state index in [1.165, 1.54) is 0 Å². The first-order valence-corrected chi connectivity index (χ1v) is 5.41. The number of ether oxygens (including phenoxy) is 1. The summed E-state index contributed by atoms with van der Waals surface area (Å²) in [6, 6.07) is 0. The van der Waals surface area contributed by atoms with E-state index in [0.29, 0.717) is 6.42 Å². The molecule has 1 aliphatic rings. The van der Waals surface area contributed by atoms with Crippen molar-refractivity contribution in [1.82, 2.24) is 0 Å². The Labute approximate surface area is 80.7 Å². The molecule has 1 fully saturated rings. The zero-order valence-electron chi connectivity index (χ0n) is 8.71. The zero-order valence-corrected chi connectivity index (χ0v) is 8.71. The van der Waals surface area contributed by atoms with E-state index >= 15 is 0 Å². The van der Waals surface area contributed by atoms with Gasteiger partial charge in [-0.15, -0.1) is 0 Å². The van der Waals surface area contributed by atoms with Crippen LogP contribution >= 0.6 is 0 Å². The third-order valence-corrected chi connectivity index (χ3v) is 2.61. The van der Waals surface area contributed by atoms with E-state index in [-0.39, 0.29) is 12.1 Å². The molecule has 0 aromatic heterocycles. The number of rotatable bonds is 5. The normalized spacial score (nSPS) is 26.6. The Morgan fingerprint density at radius 2 is 2.08 bits per heavy atom. The number of unbranched alkanes of at least 4 members (excludes halogenated alkanes) is 2. The second-order valence-corrected chi connectivity index (χ2v) is 4.15. The molecule has 1 aliphatic carbocycles. The summed E-state index contributed by atoms with van der Waals surface area (Å²) in [5, 5.41) is 0. The highest BCUT2D eigenvalue weighted by Crippen LogP contribution is 2.29. The third kappa shape index (κ3) is 3.79. The molecule has 0 bridgehead atoms. The molecule has 0 unspecified atom stereocenters. The van der Waals surface area contributed by atoms with Gasteiger partial charge in [-0.1, -0.05) is 26.7 Å². The topological polar surface area (TPSA) is 26.3 Å². The molecular formula is C11H20O2. The van der Waals surface area contributed by atoms with Gasteiger partial charge in [-0.25, -0.2) is 0 Å². The number of carbonyl (C=O) groups is 1. The Morgan fingerprint density at radius 1 is 1.38 bits per heavy atom. The van der Waals surface area contributed by atoms with Crippen molar-refractivity contribution in [2.45, 2.75) is 58.5 Å². The summed E-state index contributed by atoms with van der Waals surface area (Å²) in [5.41, 5.74) is 0. The number of hydrogen-bond acceptors (Lipinski definition) is 2. The average Bonchev–Trinajstić information content (AvgIpc) is 2.02. The minimum Gasteiger partial charge on any atom is -0.462 e. The van der Waals surface area contributed by atoms with Crippen molar-refractivity contribution in [3.05, 3.63) is 0 Å². The van der Waals surface area contributed by atoms with Gasteiger partial charge in [0.2, 0.25) is 0 Å². The van der Waals surface area contributed by atoms with E-state index < -0.39 is 0 Å². The highest BCUT2D eigenvalue weighted by molar-refractivity contribution is 5.69. The van der Waals surface area contributed by atoms with Crippen molar-refractivity contribution in [2.75, 3.05) is 0 Å². The van der Waals surface area contributed by atoms with Gasteiger partial charge in [-0.05, 0) is 25.2 Å². The predicted octanol–water partition coefficient (Wildman–Crippen LogP) is 2.91. The molecule has 0 spiro atoms. The largest absolute Gasteiger partial charge is 0.462 e. The third-order valence-electron chi connectivity index (χ3n) is 2.61. The fourth-order valence-corrected chi connectivity index (χ4v) is 1.69.